The van der Waals surface area contributed by atoms with E-state index >= 15 is 0 Å². The Morgan fingerprint density at radius 2 is 0.787 bits per heavy atom. The molecule has 17 atom stereocenters. The molecule has 514 valence electrons. The Morgan fingerprint density at radius 1 is 0.416 bits per heavy atom. The molecule has 0 aliphatic carbocycles. The molecule has 1 amide bonds. The van der Waals surface area contributed by atoms with Crippen LogP contribution in [0.4, 0.5) is 0 Å². The SMILES string of the molecule is CC/C=C\C/C=C\C/C=C\C/C=C\CCCCCCC(=O)NC(COC1OC(CO)C(OC2OC(CO)C(OC3OC(CO)C(O)C(O)C3O)C(O)C2O)C(O)C1O)C(O)/C=C/CC/C=C/CC/C=C/CCCCCCCCCCCCCCCCCCC. The molecule has 17 unspecified atom stereocenters. The highest BCUT2D eigenvalue weighted by Gasteiger charge is 2.53. The van der Waals surface area contributed by atoms with Crippen molar-refractivity contribution in [1.82, 2.24) is 5.32 Å². The highest BCUT2D eigenvalue weighted by molar-refractivity contribution is 5.76. The van der Waals surface area contributed by atoms with Crippen molar-refractivity contribution in [2.45, 2.75) is 324 Å². The number of amides is 1. The second-order valence-electron chi connectivity index (χ2n) is 24.2. The Morgan fingerprint density at radius 3 is 1.26 bits per heavy atom. The van der Waals surface area contributed by atoms with Gasteiger partial charge in [-0.1, -0.05) is 214 Å². The van der Waals surface area contributed by atoms with Crippen molar-refractivity contribution >= 4 is 5.91 Å². The first kappa shape index (κ1) is 80.2. The average Bonchev–Trinajstić information content (AvgIpc) is 2.22. The van der Waals surface area contributed by atoms with Crippen LogP contribution in [0.5, 0.6) is 0 Å². The maximum absolute atomic E-state index is 13.4. The Labute approximate surface area is 533 Å². The molecule has 89 heavy (non-hydrogen) atoms. The highest BCUT2D eigenvalue weighted by Crippen LogP contribution is 2.33. The Kier molecular flexibility index (Phi) is 46.3. The lowest BCUT2D eigenvalue weighted by Crippen LogP contribution is -2.66. The summed E-state index contributed by atoms with van der Waals surface area (Å²) in [5.41, 5.74) is 0. The van der Waals surface area contributed by atoms with Crippen LogP contribution >= 0.6 is 0 Å². The lowest BCUT2D eigenvalue weighted by Gasteiger charge is -2.48. The third-order valence-corrected chi connectivity index (χ3v) is 16.7. The minimum atomic E-state index is -1.99. The van der Waals surface area contributed by atoms with Gasteiger partial charge in [0.25, 0.3) is 0 Å². The van der Waals surface area contributed by atoms with Crippen molar-refractivity contribution in [1.29, 1.82) is 0 Å². The molecule has 0 aromatic rings. The van der Waals surface area contributed by atoms with E-state index in [1.165, 1.54) is 109 Å². The van der Waals surface area contributed by atoms with Gasteiger partial charge in [0.2, 0.25) is 5.91 Å². The number of carbonyl (C=O) groups is 1. The molecule has 0 radical (unpaired) electrons. The molecular weight excluding hydrogens is 1140 g/mol. The number of hydrogen-bond acceptors (Lipinski definition) is 18. The van der Waals surface area contributed by atoms with Crippen molar-refractivity contribution in [2.24, 2.45) is 0 Å². The molecule has 3 fully saturated rings. The number of allylic oxidation sites excluding steroid dienone is 13. The number of hydrogen-bond donors (Lipinski definition) is 12. The molecule has 12 N–H and O–H groups in total. The molecule has 0 spiro atoms. The maximum atomic E-state index is 13.4. The number of carbonyl (C=O) groups excluding carboxylic acids is 1. The molecule has 0 saturated carbocycles. The molecule has 3 rings (SSSR count). The number of nitrogens with one attached hydrogen (secondary N) is 1. The molecule has 3 saturated heterocycles. The minimum absolute atomic E-state index is 0.199. The molecule has 19 nitrogen and oxygen atoms in total. The van der Waals surface area contributed by atoms with Gasteiger partial charge in [-0.25, -0.2) is 0 Å². The van der Waals surface area contributed by atoms with Crippen LogP contribution in [0.1, 0.15) is 219 Å². The van der Waals surface area contributed by atoms with E-state index in [0.717, 1.165) is 77.0 Å². The first-order valence-electron chi connectivity index (χ1n) is 34.3. The lowest BCUT2D eigenvalue weighted by molar-refractivity contribution is -0.379. The van der Waals surface area contributed by atoms with E-state index in [-0.39, 0.29) is 18.9 Å². The zero-order chi connectivity index (χ0) is 64.7. The summed E-state index contributed by atoms with van der Waals surface area (Å²) in [6, 6.07) is -1.02. The second-order valence-corrected chi connectivity index (χ2v) is 24.2. The van der Waals surface area contributed by atoms with Gasteiger partial charge in [0.05, 0.1) is 38.6 Å². The predicted octanol–water partition coefficient (Wildman–Crippen LogP) is 8.71. The molecular formula is C70H121NO18. The molecule has 0 aromatic carbocycles. The largest absolute Gasteiger partial charge is 0.394 e. The summed E-state index contributed by atoms with van der Waals surface area (Å²) >= 11 is 0. The molecule has 3 aliphatic rings. The van der Waals surface area contributed by atoms with Crippen LogP contribution in [0.2, 0.25) is 0 Å². The van der Waals surface area contributed by atoms with Crippen LogP contribution < -0.4 is 5.32 Å². The van der Waals surface area contributed by atoms with Crippen molar-refractivity contribution < 1.29 is 89.4 Å². The first-order valence-corrected chi connectivity index (χ1v) is 34.3. The third kappa shape index (κ3) is 33.6. The summed E-state index contributed by atoms with van der Waals surface area (Å²) in [5.74, 6) is -0.315. The molecule has 19 heteroatoms. The Hall–Kier alpha value is -3.03. The number of unbranched alkanes of at least 4 members (excludes halogenated alkanes) is 23. The molecule has 0 bridgehead atoms. The van der Waals surface area contributed by atoms with E-state index in [1.54, 1.807) is 6.08 Å². The van der Waals surface area contributed by atoms with Gasteiger partial charge in [0.15, 0.2) is 18.9 Å². The zero-order valence-electron chi connectivity index (χ0n) is 54.1. The van der Waals surface area contributed by atoms with Crippen LogP contribution in [-0.4, -0.2) is 193 Å². The fourth-order valence-corrected chi connectivity index (χ4v) is 11.1. The van der Waals surface area contributed by atoms with Gasteiger partial charge < -0.3 is 89.9 Å². The summed E-state index contributed by atoms with van der Waals surface area (Å²) in [6.07, 6.45) is 38.6. The van der Waals surface area contributed by atoms with E-state index in [2.05, 4.69) is 92.1 Å². The zero-order valence-corrected chi connectivity index (χ0v) is 54.1. The van der Waals surface area contributed by atoms with Gasteiger partial charge in [-0.2, -0.15) is 0 Å². The first-order chi connectivity index (χ1) is 43.3. The van der Waals surface area contributed by atoms with Crippen LogP contribution in [-0.2, 0) is 33.2 Å². The van der Waals surface area contributed by atoms with Crippen LogP contribution in [0.15, 0.2) is 85.1 Å². The predicted molar refractivity (Wildman–Crippen MR) is 346 cm³/mol. The van der Waals surface area contributed by atoms with Gasteiger partial charge in [-0.05, 0) is 83.5 Å². The van der Waals surface area contributed by atoms with Gasteiger partial charge in [0.1, 0.15) is 73.2 Å². The molecule has 3 aliphatic heterocycles. The number of aliphatic hydroxyl groups is 11. The van der Waals surface area contributed by atoms with Crippen LogP contribution in [0, 0.1) is 0 Å². The Balaban J connectivity index is 1.46. The van der Waals surface area contributed by atoms with Crippen molar-refractivity contribution in [3.8, 4) is 0 Å². The second kappa shape index (κ2) is 51.4. The topological polar surface area (TPSA) is 307 Å². The number of rotatable bonds is 51. The lowest BCUT2D eigenvalue weighted by atomic mass is 9.96. The van der Waals surface area contributed by atoms with E-state index in [1.807, 2.05) is 6.08 Å². The molecule has 3 heterocycles. The monoisotopic (exact) mass is 1260 g/mol. The summed E-state index contributed by atoms with van der Waals surface area (Å²) in [5, 5.41) is 120. The maximum Gasteiger partial charge on any atom is 0.220 e. The standard InChI is InChI=1S/C70H121NO18/c1-3-5-7-9-11-13-15-17-19-21-22-23-24-25-26-27-28-29-30-32-33-35-37-39-41-43-45-47-54(75)53(71-58(76)48-46-44-42-40-38-36-34-31-20-18-16-14-12-10-8-6-4-2)52-84-68-64(82)61(79)66(56(50-73)86-68)89-70-65(83)62(80)67(57(51-74)87-70)88-69-63(81)60(78)59(77)55(49-72)85-69/h6,8,12,14,18,20,30,32,34,36-37,39,45,47,53-57,59-70,72-75,77-83H,3-5,7,9-11,13,15-17,19,21-29,31,33,35,38,40-44,46,48-52H2,1-2H3,(H,71,76)/b8-6-,14-12-,20-18-,32-30+,36-34-,39-37+,47-45+. The van der Waals surface area contributed by atoms with E-state index in [9.17, 15) is 61.0 Å². The van der Waals surface area contributed by atoms with Gasteiger partial charge >= 0.3 is 0 Å². The smallest absolute Gasteiger partial charge is 0.220 e. The van der Waals surface area contributed by atoms with Gasteiger partial charge in [0, 0.05) is 6.42 Å². The van der Waals surface area contributed by atoms with Gasteiger partial charge in [-0.15, -0.1) is 0 Å². The van der Waals surface area contributed by atoms with E-state index < -0.39 is 124 Å². The summed E-state index contributed by atoms with van der Waals surface area (Å²) in [7, 11) is 0. The van der Waals surface area contributed by atoms with E-state index in [0.29, 0.717) is 12.8 Å². The van der Waals surface area contributed by atoms with Gasteiger partial charge in [-0.3, -0.25) is 4.79 Å². The fraction of sp³-hybridized carbons (Fsp3) is 0.786. The highest BCUT2D eigenvalue weighted by atomic mass is 16.8. The van der Waals surface area contributed by atoms with Crippen LogP contribution in [0.3, 0.4) is 0 Å². The van der Waals surface area contributed by atoms with Crippen molar-refractivity contribution in [3.05, 3.63) is 85.1 Å². The third-order valence-electron chi connectivity index (χ3n) is 16.7. The summed E-state index contributed by atoms with van der Waals surface area (Å²) < 4.78 is 34.3. The number of aliphatic hydroxyl groups excluding tert-OH is 11. The normalized spacial score (nSPS) is 28.8. The average molecular weight is 1260 g/mol. The Bertz CT molecular complexity index is 1940. The number of ether oxygens (including phenoxy) is 6. The van der Waals surface area contributed by atoms with Crippen molar-refractivity contribution in [2.75, 3.05) is 26.4 Å². The van der Waals surface area contributed by atoms with Crippen molar-refractivity contribution in [3.63, 3.8) is 0 Å². The summed E-state index contributed by atoms with van der Waals surface area (Å²) in [4.78, 5) is 13.4. The van der Waals surface area contributed by atoms with Crippen LogP contribution in [0.25, 0.3) is 0 Å². The van der Waals surface area contributed by atoms with E-state index in [4.69, 9.17) is 28.4 Å². The fourth-order valence-electron chi connectivity index (χ4n) is 11.1. The quantitative estimate of drug-likeness (QED) is 0.0200. The minimum Gasteiger partial charge on any atom is -0.394 e. The molecule has 0 aromatic heterocycles. The summed E-state index contributed by atoms with van der Waals surface area (Å²) in [6.45, 7) is 1.57.